The van der Waals surface area contributed by atoms with E-state index in [2.05, 4.69) is 50.0 Å². The first-order valence-corrected chi connectivity index (χ1v) is 10.1. The molecule has 2 unspecified atom stereocenters. The van der Waals surface area contributed by atoms with Gasteiger partial charge >= 0.3 is 0 Å². The van der Waals surface area contributed by atoms with Crippen LogP contribution in [0.5, 0.6) is 0 Å². The Morgan fingerprint density at radius 1 is 1.04 bits per heavy atom. The minimum atomic E-state index is 0.502. The van der Waals surface area contributed by atoms with Gasteiger partial charge in [0, 0.05) is 18.9 Å². The lowest BCUT2D eigenvalue weighted by atomic mass is 9.82. The van der Waals surface area contributed by atoms with Gasteiger partial charge in [-0.3, -0.25) is 0 Å². The van der Waals surface area contributed by atoms with Gasteiger partial charge in [0.05, 0.1) is 24.0 Å². The van der Waals surface area contributed by atoms with Crippen LogP contribution in [0.2, 0.25) is 0 Å². The van der Waals surface area contributed by atoms with Crippen LogP contribution in [0, 0.1) is 11.8 Å². The smallest absolute Gasteiger partial charge is 0.178 e. The normalized spacial score (nSPS) is 29.6. The van der Waals surface area contributed by atoms with Crippen LogP contribution >= 0.6 is 0 Å². The van der Waals surface area contributed by atoms with E-state index in [-0.39, 0.29) is 0 Å². The monoisotopic (exact) mass is 364 g/mol. The third kappa shape index (κ3) is 2.38. The van der Waals surface area contributed by atoms with E-state index in [0.29, 0.717) is 17.9 Å². The van der Waals surface area contributed by atoms with Gasteiger partial charge in [-0.25, -0.2) is 4.68 Å². The molecular formula is C19H24N8. The molecule has 2 aliphatic carbocycles. The lowest BCUT2D eigenvalue weighted by molar-refractivity contribution is 0.193. The van der Waals surface area contributed by atoms with Crippen LogP contribution < -0.4 is 4.90 Å². The molecule has 2 atom stereocenters. The van der Waals surface area contributed by atoms with Crippen LogP contribution in [0.1, 0.15) is 62.3 Å². The van der Waals surface area contributed by atoms with Crippen molar-refractivity contribution in [2.75, 3.05) is 11.4 Å². The Bertz CT molecular complexity index is 1010. The second-order valence-corrected chi connectivity index (χ2v) is 8.67. The number of fused-ring (bicyclic) bond motifs is 2. The van der Waals surface area contributed by atoms with E-state index in [1.165, 1.54) is 25.0 Å². The van der Waals surface area contributed by atoms with Crippen molar-refractivity contribution in [1.29, 1.82) is 0 Å². The number of rotatable bonds is 3. The first-order valence-electron chi connectivity index (χ1n) is 10.1. The largest absolute Gasteiger partial charge is 0.349 e. The van der Waals surface area contributed by atoms with Crippen molar-refractivity contribution in [3.05, 3.63) is 29.3 Å². The second kappa shape index (κ2) is 5.50. The van der Waals surface area contributed by atoms with Crippen molar-refractivity contribution >= 4 is 11.5 Å². The maximum atomic E-state index is 4.90. The summed E-state index contributed by atoms with van der Waals surface area (Å²) >= 11 is 0. The quantitative estimate of drug-likeness (QED) is 0.710. The average Bonchev–Trinajstić information content (AvgIpc) is 3.07. The van der Waals surface area contributed by atoms with Gasteiger partial charge in [-0.2, -0.15) is 4.52 Å². The van der Waals surface area contributed by atoms with Crippen molar-refractivity contribution in [3.63, 3.8) is 0 Å². The van der Waals surface area contributed by atoms with Gasteiger partial charge in [-0.05, 0) is 43.2 Å². The molecule has 0 spiro atoms. The van der Waals surface area contributed by atoms with E-state index < -0.39 is 0 Å². The summed E-state index contributed by atoms with van der Waals surface area (Å²) in [5.74, 6) is 3.98. The molecule has 8 nitrogen and oxygen atoms in total. The third-order valence-electron chi connectivity index (χ3n) is 6.56. The topological polar surface area (TPSA) is 77.0 Å². The molecule has 2 fully saturated rings. The number of anilines is 1. The molecule has 140 valence electrons. The van der Waals surface area contributed by atoms with Crippen molar-refractivity contribution in [3.8, 4) is 0 Å². The summed E-state index contributed by atoms with van der Waals surface area (Å²) in [7, 11) is 0. The summed E-state index contributed by atoms with van der Waals surface area (Å²) in [5, 5.41) is 22.5. The Kier molecular flexibility index (Phi) is 3.16. The van der Waals surface area contributed by atoms with Gasteiger partial charge in [0.1, 0.15) is 5.82 Å². The molecule has 3 aliphatic rings. The predicted molar refractivity (Wildman–Crippen MR) is 99.5 cm³/mol. The highest BCUT2D eigenvalue weighted by Crippen LogP contribution is 2.46. The highest BCUT2D eigenvalue weighted by atomic mass is 15.5. The van der Waals surface area contributed by atoms with E-state index in [9.17, 15) is 0 Å². The zero-order valence-corrected chi connectivity index (χ0v) is 15.8. The lowest BCUT2D eigenvalue weighted by Crippen LogP contribution is -2.35. The fourth-order valence-corrected chi connectivity index (χ4v) is 4.63. The molecule has 6 rings (SSSR count). The van der Waals surface area contributed by atoms with Crippen LogP contribution in [0.15, 0.2) is 12.1 Å². The first kappa shape index (κ1) is 15.5. The minimum absolute atomic E-state index is 0.502. The van der Waals surface area contributed by atoms with E-state index >= 15 is 0 Å². The Morgan fingerprint density at radius 3 is 2.67 bits per heavy atom. The molecule has 4 heterocycles. The number of aromatic nitrogens is 7. The van der Waals surface area contributed by atoms with Gasteiger partial charge in [0.2, 0.25) is 0 Å². The minimum Gasteiger partial charge on any atom is -0.349 e. The zero-order chi connectivity index (χ0) is 18.1. The van der Waals surface area contributed by atoms with Crippen molar-refractivity contribution in [2.45, 2.75) is 58.0 Å². The number of hydrogen-bond donors (Lipinski definition) is 0. The van der Waals surface area contributed by atoms with E-state index in [1.807, 2.05) is 10.6 Å². The Balaban J connectivity index is 1.32. The number of nitrogens with zero attached hydrogens (tertiary/aromatic N) is 8. The summed E-state index contributed by atoms with van der Waals surface area (Å²) in [6.45, 7) is 6.31. The molecule has 0 N–H and O–H groups in total. The van der Waals surface area contributed by atoms with E-state index in [1.54, 1.807) is 0 Å². The Labute approximate surface area is 157 Å². The molecule has 8 heteroatoms. The van der Waals surface area contributed by atoms with Gasteiger partial charge in [-0.15, -0.1) is 20.4 Å². The fraction of sp³-hybridized carbons (Fsp3) is 0.632. The first-order chi connectivity index (χ1) is 13.2. The Morgan fingerprint density at radius 2 is 1.89 bits per heavy atom. The maximum absolute atomic E-state index is 4.90. The van der Waals surface area contributed by atoms with Crippen LogP contribution in [0.4, 0.5) is 5.82 Å². The van der Waals surface area contributed by atoms with Crippen molar-refractivity contribution < 1.29 is 0 Å². The standard InChI is InChI=1S/C19H24N8/c1-11-7-13(8-11)26-16-10-25(6-5-15(16)20-24-26)18-4-3-17-21-22-19(27(17)23-18)14-9-12(14)2/h3-4,11-14H,5-10H2,1-2H3. The van der Waals surface area contributed by atoms with E-state index in [4.69, 9.17) is 5.10 Å². The molecule has 0 saturated heterocycles. The SMILES string of the molecule is CC1CC(n2nnc3c2CN(c2ccc4nnc(C5CC5C)n4n2)CC3)C1. The van der Waals surface area contributed by atoms with E-state index in [0.717, 1.165) is 48.4 Å². The summed E-state index contributed by atoms with van der Waals surface area (Å²) in [5.41, 5.74) is 3.25. The second-order valence-electron chi connectivity index (χ2n) is 8.67. The third-order valence-corrected chi connectivity index (χ3v) is 6.56. The average molecular weight is 364 g/mol. The lowest BCUT2D eigenvalue weighted by Gasteiger charge is -2.35. The molecule has 2 saturated carbocycles. The molecule has 27 heavy (non-hydrogen) atoms. The summed E-state index contributed by atoms with van der Waals surface area (Å²) in [6.07, 6.45) is 4.53. The van der Waals surface area contributed by atoms with Crippen LogP contribution in [0.25, 0.3) is 5.65 Å². The fourth-order valence-electron chi connectivity index (χ4n) is 4.63. The molecule has 3 aromatic rings. The van der Waals surface area contributed by atoms with Crippen molar-refractivity contribution in [1.82, 2.24) is 34.8 Å². The maximum Gasteiger partial charge on any atom is 0.178 e. The number of hydrogen-bond acceptors (Lipinski definition) is 6. The summed E-state index contributed by atoms with van der Waals surface area (Å²) < 4.78 is 4.12. The highest BCUT2D eigenvalue weighted by Gasteiger charge is 2.38. The molecule has 0 radical (unpaired) electrons. The van der Waals surface area contributed by atoms with Gasteiger partial charge in [0.25, 0.3) is 0 Å². The van der Waals surface area contributed by atoms with Crippen molar-refractivity contribution in [2.24, 2.45) is 11.8 Å². The predicted octanol–water partition coefficient (Wildman–Crippen LogP) is 2.37. The molecule has 1 aliphatic heterocycles. The van der Waals surface area contributed by atoms with Crippen LogP contribution in [0.3, 0.4) is 0 Å². The molecular weight excluding hydrogens is 340 g/mol. The molecule has 3 aromatic heterocycles. The zero-order valence-electron chi connectivity index (χ0n) is 15.8. The van der Waals surface area contributed by atoms with Crippen LogP contribution in [-0.4, -0.2) is 41.4 Å². The molecule has 0 aromatic carbocycles. The van der Waals surface area contributed by atoms with Gasteiger partial charge in [-0.1, -0.05) is 19.1 Å². The van der Waals surface area contributed by atoms with Gasteiger partial charge in [0.15, 0.2) is 11.5 Å². The summed E-state index contributed by atoms with van der Waals surface area (Å²) in [6, 6.07) is 4.62. The molecule has 0 amide bonds. The Hall–Kier alpha value is -2.51. The summed E-state index contributed by atoms with van der Waals surface area (Å²) in [4.78, 5) is 2.34. The highest BCUT2D eigenvalue weighted by molar-refractivity contribution is 5.47. The molecule has 0 bridgehead atoms. The van der Waals surface area contributed by atoms with Crippen LogP contribution in [-0.2, 0) is 13.0 Å². The van der Waals surface area contributed by atoms with Gasteiger partial charge < -0.3 is 4.90 Å².